The van der Waals surface area contributed by atoms with Gasteiger partial charge < -0.3 is 5.73 Å². The fourth-order valence-electron chi connectivity index (χ4n) is 1.21. The minimum atomic E-state index is -0.247. The molecule has 0 bridgehead atoms. The van der Waals surface area contributed by atoms with Crippen molar-refractivity contribution in [2.45, 2.75) is 6.92 Å². The Hall–Kier alpha value is -1.49. The molecule has 0 spiro atoms. The highest BCUT2D eigenvalue weighted by atomic mass is 32.1. The van der Waals surface area contributed by atoms with E-state index in [2.05, 4.69) is 10.2 Å². The van der Waals surface area contributed by atoms with Crippen molar-refractivity contribution in [3.8, 4) is 10.6 Å². The van der Waals surface area contributed by atoms with Gasteiger partial charge in [-0.25, -0.2) is 4.39 Å². The van der Waals surface area contributed by atoms with Gasteiger partial charge in [-0.15, -0.1) is 10.2 Å². The normalized spacial score (nSPS) is 10.4. The van der Waals surface area contributed by atoms with Gasteiger partial charge >= 0.3 is 0 Å². The van der Waals surface area contributed by atoms with E-state index >= 15 is 0 Å². The smallest absolute Gasteiger partial charge is 0.203 e. The van der Waals surface area contributed by atoms with Crippen molar-refractivity contribution in [2.75, 3.05) is 5.73 Å². The molecule has 3 nitrogen and oxygen atoms in total. The van der Waals surface area contributed by atoms with Gasteiger partial charge in [-0.3, -0.25) is 0 Å². The molecule has 72 valence electrons. The summed E-state index contributed by atoms with van der Waals surface area (Å²) in [5.74, 6) is -0.247. The number of aromatic nitrogens is 2. The molecule has 1 aromatic heterocycles. The van der Waals surface area contributed by atoms with Gasteiger partial charge in [-0.05, 0) is 30.7 Å². The summed E-state index contributed by atoms with van der Waals surface area (Å²) in [6.45, 7) is 1.83. The third-order valence-corrected chi connectivity index (χ3v) is 2.65. The molecule has 5 heteroatoms. The summed E-state index contributed by atoms with van der Waals surface area (Å²) in [4.78, 5) is 0. The molecule has 1 aromatic carbocycles. The van der Waals surface area contributed by atoms with Crippen LogP contribution in [0.5, 0.6) is 0 Å². The number of rotatable bonds is 1. The van der Waals surface area contributed by atoms with E-state index in [4.69, 9.17) is 5.73 Å². The van der Waals surface area contributed by atoms with E-state index in [-0.39, 0.29) is 5.82 Å². The van der Waals surface area contributed by atoms with E-state index in [1.165, 1.54) is 23.5 Å². The Kier molecular flexibility index (Phi) is 2.17. The van der Waals surface area contributed by atoms with E-state index in [0.29, 0.717) is 5.13 Å². The monoisotopic (exact) mass is 209 g/mol. The summed E-state index contributed by atoms with van der Waals surface area (Å²) in [7, 11) is 0. The molecular weight excluding hydrogens is 201 g/mol. The molecule has 1 heterocycles. The average molecular weight is 209 g/mol. The number of nitrogens with zero attached hydrogens (tertiary/aromatic N) is 2. The Morgan fingerprint density at radius 2 is 2.14 bits per heavy atom. The molecule has 2 rings (SSSR count). The lowest BCUT2D eigenvalue weighted by Gasteiger charge is -2.00. The highest BCUT2D eigenvalue weighted by Gasteiger charge is 2.07. The molecule has 0 radical (unpaired) electrons. The number of halogens is 1. The first kappa shape index (κ1) is 9.08. The van der Waals surface area contributed by atoms with Gasteiger partial charge in [0.15, 0.2) is 0 Å². The van der Waals surface area contributed by atoms with E-state index in [1.807, 2.05) is 6.92 Å². The third-order valence-electron chi connectivity index (χ3n) is 1.86. The second kappa shape index (κ2) is 3.34. The predicted octanol–water partition coefficient (Wildman–Crippen LogP) is 2.23. The maximum Gasteiger partial charge on any atom is 0.203 e. The average Bonchev–Trinajstić information content (AvgIpc) is 2.51. The summed E-state index contributed by atoms with van der Waals surface area (Å²) >= 11 is 1.29. The highest BCUT2D eigenvalue weighted by Crippen LogP contribution is 2.27. The van der Waals surface area contributed by atoms with Gasteiger partial charge in [0.1, 0.15) is 10.8 Å². The largest absolute Gasteiger partial charge is 0.374 e. The van der Waals surface area contributed by atoms with Gasteiger partial charge in [0, 0.05) is 5.56 Å². The highest BCUT2D eigenvalue weighted by molar-refractivity contribution is 7.18. The molecule has 0 aliphatic heterocycles. The van der Waals surface area contributed by atoms with Crippen LogP contribution in [-0.2, 0) is 0 Å². The fraction of sp³-hybridized carbons (Fsp3) is 0.111. The molecule has 0 fully saturated rings. The lowest BCUT2D eigenvalue weighted by Crippen LogP contribution is -1.84. The zero-order valence-corrected chi connectivity index (χ0v) is 8.31. The number of nitrogen functional groups attached to an aromatic ring is 1. The van der Waals surface area contributed by atoms with E-state index < -0.39 is 0 Å². The maximum absolute atomic E-state index is 12.8. The summed E-state index contributed by atoms with van der Waals surface area (Å²) < 4.78 is 12.8. The van der Waals surface area contributed by atoms with Gasteiger partial charge in [0.2, 0.25) is 5.13 Å². The minimum absolute atomic E-state index is 0.247. The van der Waals surface area contributed by atoms with Crippen LogP contribution < -0.4 is 5.73 Å². The molecule has 0 atom stereocenters. The predicted molar refractivity (Wildman–Crippen MR) is 54.5 cm³/mol. The van der Waals surface area contributed by atoms with Crippen molar-refractivity contribution in [1.82, 2.24) is 10.2 Å². The molecule has 0 aliphatic carbocycles. The first-order chi connectivity index (χ1) is 6.66. The Morgan fingerprint density at radius 3 is 2.71 bits per heavy atom. The van der Waals surface area contributed by atoms with E-state index in [1.54, 1.807) is 6.07 Å². The molecular formula is C9H8FN3S. The minimum Gasteiger partial charge on any atom is -0.374 e. The first-order valence-electron chi connectivity index (χ1n) is 4.02. The van der Waals surface area contributed by atoms with E-state index in [0.717, 1.165) is 16.1 Å². The van der Waals surface area contributed by atoms with Crippen molar-refractivity contribution >= 4 is 16.5 Å². The Labute approximate surface area is 84.4 Å². The maximum atomic E-state index is 12.8. The molecule has 2 aromatic rings. The van der Waals surface area contributed by atoms with Gasteiger partial charge in [0.25, 0.3) is 0 Å². The second-order valence-corrected chi connectivity index (χ2v) is 3.91. The van der Waals surface area contributed by atoms with Crippen LogP contribution in [-0.4, -0.2) is 10.2 Å². The van der Waals surface area contributed by atoms with Crippen LogP contribution in [0, 0.1) is 12.7 Å². The number of nitrogens with two attached hydrogens (primary N) is 1. The van der Waals surface area contributed by atoms with E-state index in [9.17, 15) is 4.39 Å². The number of hydrogen-bond donors (Lipinski definition) is 1. The summed E-state index contributed by atoms with van der Waals surface area (Å²) in [5.41, 5.74) is 7.18. The van der Waals surface area contributed by atoms with Gasteiger partial charge in [-0.1, -0.05) is 11.3 Å². The topological polar surface area (TPSA) is 51.8 Å². The van der Waals surface area contributed by atoms with Crippen LogP contribution >= 0.6 is 11.3 Å². The van der Waals surface area contributed by atoms with Crippen LogP contribution in [0.1, 0.15) is 5.56 Å². The standard InChI is InChI=1S/C9H8FN3S/c1-5-4-6(10)2-3-7(5)8-12-13-9(11)14-8/h2-4H,1H3,(H2,11,13). The van der Waals surface area contributed by atoms with Crippen molar-refractivity contribution in [1.29, 1.82) is 0 Å². The van der Waals surface area contributed by atoms with Crippen LogP contribution in [0.25, 0.3) is 10.6 Å². The summed E-state index contributed by atoms with van der Waals surface area (Å²) in [5, 5.41) is 8.75. The third kappa shape index (κ3) is 1.58. The Bertz CT molecular complexity index is 467. The molecule has 0 unspecified atom stereocenters. The van der Waals surface area contributed by atoms with Crippen LogP contribution in [0.2, 0.25) is 0 Å². The molecule has 14 heavy (non-hydrogen) atoms. The molecule has 0 saturated heterocycles. The first-order valence-corrected chi connectivity index (χ1v) is 4.84. The quantitative estimate of drug-likeness (QED) is 0.783. The van der Waals surface area contributed by atoms with Crippen molar-refractivity contribution in [2.24, 2.45) is 0 Å². The molecule has 0 saturated carbocycles. The molecule has 0 amide bonds. The molecule has 2 N–H and O–H groups in total. The SMILES string of the molecule is Cc1cc(F)ccc1-c1nnc(N)s1. The van der Waals surface area contributed by atoms with Crippen LogP contribution in [0.15, 0.2) is 18.2 Å². The zero-order valence-electron chi connectivity index (χ0n) is 7.49. The Balaban J connectivity index is 2.52. The number of aryl methyl sites for hydroxylation is 1. The number of hydrogen-bond acceptors (Lipinski definition) is 4. The molecule has 0 aliphatic rings. The lowest BCUT2D eigenvalue weighted by molar-refractivity contribution is 0.627. The number of anilines is 1. The van der Waals surface area contributed by atoms with Crippen LogP contribution in [0.4, 0.5) is 9.52 Å². The van der Waals surface area contributed by atoms with Crippen LogP contribution in [0.3, 0.4) is 0 Å². The second-order valence-electron chi connectivity index (χ2n) is 2.90. The van der Waals surface area contributed by atoms with Crippen molar-refractivity contribution < 1.29 is 4.39 Å². The number of benzene rings is 1. The van der Waals surface area contributed by atoms with Gasteiger partial charge in [0.05, 0.1) is 0 Å². The summed E-state index contributed by atoms with van der Waals surface area (Å²) in [6.07, 6.45) is 0. The van der Waals surface area contributed by atoms with Crippen molar-refractivity contribution in [3.05, 3.63) is 29.6 Å². The lowest BCUT2D eigenvalue weighted by atomic mass is 10.1. The summed E-state index contributed by atoms with van der Waals surface area (Å²) in [6, 6.07) is 4.55. The zero-order chi connectivity index (χ0) is 10.1. The van der Waals surface area contributed by atoms with Crippen molar-refractivity contribution in [3.63, 3.8) is 0 Å². The van der Waals surface area contributed by atoms with Gasteiger partial charge in [-0.2, -0.15) is 0 Å². The fourth-order valence-corrected chi connectivity index (χ4v) is 1.91. The Morgan fingerprint density at radius 1 is 1.36 bits per heavy atom.